The number of hydrogen-bond donors (Lipinski definition) is 9. The summed E-state index contributed by atoms with van der Waals surface area (Å²) in [5.74, 6) is 2.16. The van der Waals surface area contributed by atoms with Gasteiger partial charge in [0.05, 0.1) is 50.6 Å². The van der Waals surface area contributed by atoms with Gasteiger partial charge >= 0.3 is 6.09 Å². The van der Waals surface area contributed by atoms with E-state index in [0.717, 1.165) is 152 Å². The molecule has 1 saturated carbocycles. The van der Waals surface area contributed by atoms with Gasteiger partial charge in [0.25, 0.3) is 17.7 Å². The maximum Gasteiger partial charge on any atom is 0.407 e. The number of carbonyl (C=O) groups excluding carboxylic acids is 4. The lowest BCUT2D eigenvalue weighted by Crippen LogP contribution is -2.62. The number of hydrogen-bond acceptors (Lipinski definition) is 19. The van der Waals surface area contributed by atoms with Crippen LogP contribution in [0.15, 0.2) is 177 Å². The van der Waals surface area contributed by atoms with Crippen LogP contribution in [0, 0.1) is 17.7 Å². The number of carbonyl (C=O) groups is 4. The van der Waals surface area contributed by atoms with Crippen molar-refractivity contribution in [2.24, 2.45) is 34.0 Å². The molecular formula is C104H120FN17O11. The molecule has 1 aliphatic carbocycles. The molecule has 0 radical (unpaired) electrons. The summed E-state index contributed by atoms with van der Waals surface area (Å²) in [5, 5.41) is 26.5. The number of aromatic nitrogens is 3. The summed E-state index contributed by atoms with van der Waals surface area (Å²) in [6.07, 6.45) is 16.7. The Bertz CT molecular complexity index is 6840. The van der Waals surface area contributed by atoms with Crippen LogP contribution in [0.3, 0.4) is 0 Å². The predicted molar refractivity (Wildman–Crippen MR) is 525 cm³/mol. The van der Waals surface area contributed by atoms with Gasteiger partial charge in [0.15, 0.2) is 46.3 Å². The quantitative estimate of drug-likeness (QED) is 0.0194. The SMILES string of the molecule is CC1(C)CC(NC(=O)c2cn3c4c(c(N5CCC(NC(=O)OC(C)(C)C)C5)ccc4c2=O)Oc2cc4ccccc4cc2-3)CC(C)(C)N1.CN(C)CCCCNc1ccc2c(=O)c(C(=O)NCCC3CCCN3C)cn3c2c1Oc1cc2ccccc2cc1-3.NC(N)=NCC1CCCC(CNC(=O)c2cn3c4c(c(N5CCC(N)C5)c(F)cc4c2=O)Oc2cc4ccccc4cc2-3)C1. The summed E-state index contributed by atoms with van der Waals surface area (Å²) in [4.78, 5) is 108. The highest BCUT2D eigenvalue weighted by Gasteiger charge is 2.41. The Hall–Kier alpha value is -13.1. The topological polar surface area (TPSA) is 347 Å². The Labute approximate surface area is 771 Å². The second-order valence-corrected chi connectivity index (χ2v) is 39.8. The minimum Gasteiger partial charge on any atom is -0.451 e. The number of piperidine rings is 1. The fourth-order valence-electron chi connectivity index (χ4n) is 21.1. The number of ether oxygens (including phenoxy) is 4. The van der Waals surface area contributed by atoms with Gasteiger partial charge in [-0.05, 0) is 271 Å². The van der Waals surface area contributed by atoms with Crippen molar-refractivity contribution in [2.75, 3.05) is 102 Å². The van der Waals surface area contributed by atoms with Gasteiger partial charge in [-0.25, -0.2) is 9.18 Å². The average Bonchev–Trinajstić information content (AvgIpc) is 1.63. The van der Waals surface area contributed by atoms with Crippen LogP contribution in [-0.2, 0) is 4.74 Å². The number of anilines is 3. The Morgan fingerprint density at radius 2 is 1.09 bits per heavy atom. The van der Waals surface area contributed by atoms with Crippen molar-refractivity contribution in [1.29, 1.82) is 0 Å². The van der Waals surface area contributed by atoms with Crippen LogP contribution in [0.4, 0.5) is 26.2 Å². The molecule has 5 atom stereocenters. The average molecular weight is 1800 g/mol. The van der Waals surface area contributed by atoms with Crippen molar-refractivity contribution in [3.8, 4) is 51.6 Å². The summed E-state index contributed by atoms with van der Waals surface area (Å²) in [7, 11) is 6.30. The zero-order valence-electron chi connectivity index (χ0n) is 77.4. The van der Waals surface area contributed by atoms with Crippen LogP contribution in [-0.4, -0.2) is 181 Å². The highest BCUT2D eigenvalue weighted by atomic mass is 19.1. The molecular weight excluding hydrogens is 1680 g/mol. The third-order valence-corrected chi connectivity index (χ3v) is 27.1. The minimum absolute atomic E-state index is 0.0485. The van der Waals surface area contributed by atoms with Crippen molar-refractivity contribution < 1.29 is 42.5 Å². The smallest absolute Gasteiger partial charge is 0.407 e. The summed E-state index contributed by atoms with van der Waals surface area (Å²) < 4.78 is 46.8. The maximum atomic E-state index is 15.9. The molecule has 3 aromatic heterocycles. The minimum atomic E-state index is -0.587. The number of alkyl carbamates (subject to hydrolysis) is 1. The molecule has 12 aromatic rings. The lowest BCUT2D eigenvalue weighted by atomic mass is 9.79. The van der Waals surface area contributed by atoms with E-state index in [4.69, 9.17) is 36.1 Å². The third-order valence-electron chi connectivity index (χ3n) is 27.1. The lowest BCUT2D eigenvalue weighted by Gasteiger charge is -2.46. The number of amides is 4. The van der Waals surface area contributed by atoms with E-state index in [0.29, 0.717) is 120 Å². The first-order valence-electron chi connectivity index (χ1n) is 46.8. The Kier molecular flexibility index (Phi) is 25.0. The molecule has 5 fully saturated rings. The second-order valence-electron chi connectivity index (χ2n) is 39.8. The van der Waals surface area contributed by atoms with E-state index in [2.05, 4.69) is 119 Å². The molecule has 4 saturated heterocycles. The number of rotatable bonds is 20. The number of nitrogens with two attached hydrogens (primary N) is 3. The molecule has 12 N–H and O–H groups in total. The first kappa shape index (κ1) is 90.5. The van der Waals surface area contributed by atoms with Gasteiger partial charge in [-0.15, -0.1) is 0 Å². The number of pyridine rings is 3. The van der Waals surface area contributed by atoms with Crippen molar-refractivity contribution in [3.63, 3.8) is 0 Å². The van der Waals surface area contributed by atoms with Gasteiger partial charge < -0.3 is 101 Å². The molecule has 28 nitrogen and oxygen atoms in total. The number of nitrogens with zero attached hydrogens (tertiary/aromatic N) is 8. The highest BCUT2D eigenvalue weighted by molar-refractivity contribution is 6.06. The molecule has 133 heavy (non-hydrogen) atoms. The third kappa shape index (κ3) is 18.9. The molecule has 7 aliphatic heterocycles. The number of benzene rings is 9. The fourth-order valence-corrected chi connectivity index (χ4v) is 21.1. The molecule has 29 heteroatoms. The van der Waals surface area contributed by atoms with Crippen molar-refractivity contribution in [2.45, 2.75) is 173 Å². The predicted octanol–water partition coefficient (Wildman–Crippen LogP) is 15.3. The van der Waals surface area contributed by atoms with Gasteiger partial charge in [0.2, 0.25) is 16.3 Å². The first-order chi connectivity index (χ1) is 63.7. The lowest BCUT2D eigenvalue weighted by molar-refractivity contribution is 0.0508. The van der Waals surface area contributed by atoms with Crippen molar-refractivity contribution >= 4 is 112 Å². The zero-order chi connectivity index (χ0) is 93.2. The number of nitrogens with one attached hydrogen (secondary N) is 6. The molecule has 694 valence electrons. The molecule has 0 bridgehead atoms. The maximum absolute atomic E-state index is 15.9. The van der Waals surface area contributed by atoms with Crippen LogP contribution in [0.25, 0.3) is 82.1 Å². The van der Waals surface area contributed by atoms with Gasteiger partial charge in [0.1, 0.15) is 44.5 Å². The van der Waals surface area contributed by atoms with E-state index < -0.39 is 28.8 Å². The molecule has 20 rings (SSSR count). The standard InChI is InChI=1S/C38H45N5O5.C33H36FN7O3.C33H39N5O3/c1-36(2,3)48-35(46)40-24-14-15-42(20-24)28-13-12-26-31-33(28)47-30-17-23-11-9-8-10-22(23)16-29(30)43(31)21-27(32(26)44)34(45)39-25-18-37(4,5)41-38(6,7)19-25;34-25-13-23-28-31(29(25)40-9-8-22(35)16-40)44-27-12-21-7-2-1-6-20(21)11-26(27)41(28)17-24(30(23)42)32(43)38-14-18-4-3-5-19(10-18)15-39-33(36)37;1-36(2)17-7-6-15-34-27-13-12-25-30-32(27)41-29-20-23-10-5-4-9-22(23)19-28(29)38(30)21-26(31(25)39)33(40)35-16-14-24-11-8-18-37(24)3/h8-13,16-17,21,24-25,41H,14-15,18-20H2,1-7H3,(H,39,45)(H,40,46);1-2,6-7,11-13,17-19,22H,3-5,8-10,14-16,35H2,(H,38,43)(H4,36,37,39);4-5,9-10,12-13,19-21,24,34H,6-8,11,14-18H2,1-3H3,(H,35,40). The van der Waals surface area contributed by atoms with E-state index in [-0.39, 0.29) is 97.3 Å². The van der Waals surface area contributed by atoms with Crippen LogP contribution >= 0.6 is 0 Å². The first-order valence-corrected chi connectivity index (χ1v) is 46.8. The van der Waals surface area contributed by atoms with E-state index in [9.17, 15) is 33.6 Å². The molecule has 5 unspecified atom stereocenters. The van der Waals surface area contributed by atoms with Gasteiger partial charge in [0, 0.05) is 100 Å². The number of unbranched alkanes of at least 4 members (excludes halogenated alkanes) is 1. The van der Waals surface area contributed by atoms with E-state index in [1.54, 1.807) is 29.2 Å². The fraction of sp³-hybridized carbons (Fsp3) is 0.404. The second kappa shape index (κ2) is 36.8. The number of guanidine groups is 1. The zero-order valence-corrected chi connectivity index (χ0v) is 77.4. The van der Waals surface area contributed by atoms with E-state index in [1.165, 1.54) is 12.5 Å². The molecule has 4 amide bonds. The molecule has 9 aromatic carbocycles. The number of fused-ring (bicyclic) bond motifs is 9. The summed E-state index contributed by atoms with van der Waals surface area (Å²) >= 11 is 0. The summed E-state index contributed by atoms with van der Waals surface area (Å²) in [6, 6.07) is 44.9. The highest BCUT2D eigenvalue weighted by Crippen LogP contribution is 2.51. The number of halogens is 1. The molecule has 0 spiro atoms. The summed E-state index contributed by atoms with van der Waals surface area (Å²) in [6.45, 7) is 20.8. The van der Waals surface area contributed by atoms with Crippen LogP contribution < -0.4 is 89.4 Å². The normalized spacial score (nSPS) is 19.1. The van der Waals surface area contributed by atoms with Gasteiger partial charge in [-0.3, -0.25) is 33.8 Å². The van der Waals surface area contributed by atoms with Crippen molar-refractivity contribution in [1.82, 2.24) is 50.1 Å². The Morgan fingerprint density at radius 1 is 0.564 bits per heavy atom. The summed E-state index contributed by atoms with van der Waals surface area (Å²) in [5.41, 5.74) is 21.2. The Morgan fingerprint density at radius 3 is 1.65 bits per heavy atom. The molecule has 10 heterocycles. The van der Waals surface area contributed by atoms with Crippen LogP contribution in [0.2, 0.25) is 0 Å². The largest absolute Gasteiger partial charge is 0.451 e. The van der Waals surface area contributed by atoms with Crippen molar-refractivity contribution in [3.05, 3.63) is 211 Å². The van der Waals surface area contributed by atoms with E-state index >= 15 is 4.39 Å². The van der Waals surface area contributed by atoms with Gasteiger partial charge in [-0.1, -0.05) is 79.2 Å². The van der Waals surface area contributed by atoms with Crippen LogP contribution in [0.1, 0.15) is 163 Å². The molecule has 8 aliphatic rings. The van der Waals surface area contributed by atoms with Crippen LogP contribution in [0.5, 0.6) is 34.5 Å². The monoisotopic (exact) mass is 1800 g/mol. The Balaban J connectivity index is 0.000000134. The number of likely N-dealkylation sites (tertiary alicyclic amines) is 1. The number of aliphatic imine (C=N–C) groups is 1. The van der Waals surface area contributed by atoms with E-state index in [1.807, 2.05) is 144 Å². The van der Waals surface area contributed by atoms with Gasteiger partial charge in [-0.2, -0.15) is 0 Å².